The fraction of sp³-hybridized carbons (Fsp3) is 0.227. The molecule has 2 aromatic carbocycles. The first-order valence-corrected chi connectivity index (χ1v) is 9.98. The molecule has 0 saturated carbocycles. The van der Waals surface area contributed by atoms with Gasteiger partial charge in [0.05, 0.1) is 33.7 Å². The monoisotopic (exact) mass is 426 g/mol. The van der Waals surface area contributed by atoms with Gasteiger partial charge in [0.2, 0.25) is 0 Å². The quantitative estimate of drug-likeness (QED) is 0.643. The van der Waals surface area contributed by atoms with Crippen LogP contribution in [-0.2, 0) is 0 Å². The average molecular weight is 427 g/mol. The molecule has 0 radical (unpaired) electrons. The molecule has 4 rings (SSSR count). The number of para-hydroxylation sites is 1. The summed E-state index contributed by atoms with van der Waals surface area (Å²) < 4.78 is 15.6. The van der Waals surface area contributed by atoms with Crippen molar-refractivity contribution in [3.05, 3.63) is 82.4 Å². The summed E-state index contributed by atoms with van der Waals surface area (Å²) in [5, 5.41) is 4.88. The number of benzene rings is 2. The molecule has 6 nitrogen and oxygen atoms in total. The molecular weight excluding hydrogens is 407 g/mol. The maximum atomic E-state index is 13.9. The molecule has 0 bridgehead atoms. The van der Waals surface area contributed by atoms with E-state index in [0.29, 0.717) is 48.1 Å². The zero-order valence-corrected chi connectivity index (χ0v) is 17.1. The van der Waals surface area contributed by atoms with Gasteiger partial charge in [-0.3, -0.25) is 9.59 Å². The van der Waals surface area contributed by atoms with Gasteiger partial charge in [0.1, 0.15) is 5.82 Å². The van der Waals surface area contributed by atoms with Gasteiger partial charge in [0.15, 0.2) is 0 Å². The van der Waals surface area contributed by atoms with Crippen LogP contribution in [0.2, 0.25) is 5.02 Å². The van der Waals surface area contributed by atoms with Crippen molar-refractivity contribution in [1.82, 2.24) is 19.6 Å². The van der Waals surface area contributed by atoms with Crippen LogP contribution < -0.4 is 0 Å². The zero-order valence-electron chi connectivity index (χ0n) is 16.4. The summed E-state index contributed by atoms with van der Waals surface area (Å²) in [6.07, 6.45) is 1.54. The van der Waals surface area contributed by atoms with E-state index in [-0.39, 0.29) is 17.4 Å². The predicted molar refractivity (Wildman–Crippen MR) is 112 cm³/mol. The lowest BCUT2D eigenvalue weighted by Crippen LogP contribution is -2.50. The fourth-order valence-electron chi connectivity index (χ4n) is 3.57. The number of hydrogen-bond donors (Lipinski definition) is 0. The van der Waals surface area contributed by atoms with E-state index in [4.69, 9.17) is 11.6 Å². The second-order valence-electron chi connectivity index (χ2n) is 7.07. The van der Waals surface area contributed by atoms with Gasteiger partial charge in [0, 0.05) is 26.2 Å². The molecule has 154 valence electrons. The van der Waals surface area contributed by atoms with Crippen molar-refractivity contribution in [3.8, 4) is 5.69 Å². The van der Waals surface area contributed by atoms with Crippen molar-refractivity contribution in [2.24, 2.45) is 0 Å². The third-order valence-corrected chi connectivity index (χ3v) is 5.60. The number of aromatic nitrogens is 2. The molecule has 1 saturated heterocycles. The first kappa shape index (κ1) is 20.1. The Hall–Kier alpha value is -3.19. The van der Waals surface area contributed by atoms with Crippen LogP contribution in [0.25, 0.3) is 5.69 Å². The highest BCUT2D eigenvalue weighted by atomic mass is 35.5. The first-order valence-electron chi connectivity index (χ1n) is 9.60. The first-order chi connectivity index (χ1) is 14.5. The van der Waals surface area contributed by atoms with Gasteiger partial charge in [-0.1, -0.05) is 35.9 Å². The minimum Gasteiger partial charge on any atom is -0.335 e. The zero-order chi connectivity index (χ0) is 21.3. The Labute approximate surface area is 178 Å². The number of carbonyl (C=O) groups is 2. The van der Waals surface area contributed by atoms with Crippen molar-refractivity contribution in [2.45, 2.75) is 6.92 Å². The van der Waals surface area contributed by atoms with Crippen LogP contribution in [0.1, 0.15) is 26.4 Å². The van der Waals surface area contributed by atoms with Crippen LogP contribution in [0, 0.1) is 12.7 Å². The molecule has 30 heavy (non-hydrogen) atoms. The second-order valence-corrected chi connectivity index (χ2v) is 7.48. The molecule has 0 atom stereocenters. The lowest BCUT2D eigenvalue weighted by molar-refractivity contribution is 0.0532. The number of nitrogens with zero attached hydrogens (tertiary/aromatic N) is 4. The van der Waals surface area contributed by atoms with Crippen molar-refractivity contribution in [3.63, 3.8) is 0 Å². The van der Waals surface area contributed by atoms with Gasteiger partial charge in [-0.15, -0.1) is 0 Å². The fourth-order valence-corrected chi connectivity index (χ4v) is 3.79. The van der Waals surface area contributed by atoms with Gasteiger partial charge in [-0.05, 0) is 31.2 Å². The molecule has 3 aromatic rings. The molecule has 1 aliphatic rings. The van der Waals surface area contributed by atoms with Gasteiger partial charge in [-0.2, -0.15) is 5.10 Å². The summed E-state index contributed by atoms with van der Waals surface area (Å²) in [5.74, 6) is -1.05. The summed E-state index contributed by atoms with van der Waals surface area (Å²) in [6, 6.07) is 13.2. The third kappa shape index (κ3) is 3.68. The number of halogens is 2. The molecule has 2 amide bonds. The van der Waals surface area contributed by atoms with Crippen molar-refractivity contribution < 1.29 is 14.0 Å². The Bertz CT molecular complexity index is 1110. The molecule has 1 aromatic heterocycles. The third-order valence-electron chi connectivity index (χ3n) is 5.28. The largest absolute Gasteiger partial charge is 0.335 e. The summed E-state index contributed by atoms with van der Waals surface area (Å²) in [6.45, 7) is 3.25. The predicted octanol–water partition coefficient (Wildman–Crippen LogP) is 3.57. The van der Waals surface area contributed by atoms with Gasteiger partial charge in [-0.25, -0.2) is 9.07 Å². The van der Waals surface area contributed by atoms with E-state index in [1.54, 1.807) is 32.7 Å². The minimum absolute atomic E-state index is 0.0501. The van der Waals surface area contributed by atoms with Gasteiger partial charge >= 0.3 is 0 Å². The number of rotatable bonds is 3. The highest BCUT2D eigenvalue weighted by Crippen LogP contribution is 2.23. The minimum atomic E-state index is -0.538. The SMILES string of the molecule is Cc1c(C(=O)N2CCN(C(=O)c3ccccc3F)CC2)cnn1-c1ccccc1Cl. The molecule has 0 spiro atoms. The molecule has 1 aliphatic heterocycles. The molecule has 8 heteroatoms. The maximum Gasteiger partial charge on any atom is 0.257 e. The highest BCUT2D eigenvalue weighted by Gasteiger charge is 2.28. The topological polar surface area (TPSA) is 58.4 Å². The smallest absolute Gasteiger partial charge is 0.257 e. The van der Waals surface area contributed by atoms with E-state index in [9.17, 15) is 14.0 Å². The van der Waals surface area contributed by atoms with E-state index in [2.05, 4.69) is 5.10 Å². The number of amides is 2. The molecule has 0 unspecified atom stereocenters. The van der Waals surface area contributed by atoms with Crippen LogP contribution in [0.15, 0.2) is 54.7 Å². The van der Waals surface area contributed by atoms with Crippen LogP contribution in [0.4, 0.5) is 4.39 Å². The van der Waals surface area contributed by atoms with Crippen LogP contribution >= 0.6 is 11.6 Å². The lowest BCUT2D eigenvalue weighted by Gasteiger charge is -2.34. The maximum absolute atomic E-state index is 13.9. The van der Waals surface area contributed by atoms with Crippen LogP contribution in [0.5, 0.6) is 0 Å². The molecular formula is C22H20ClFN4O2. The summed E-state index contributed by atoms with van der Waals surface area (Å²) >= 11 is 6.26. The van der Waals surface area contributed by atoms with Crippen LogP contribution in [0.3, 0.4) is 0 Å². The lowest BCUT2D eigenvalue weighted by atomic mass is 10.1. The molecule has 2 heterocycles. The van der Waals surface area contributed by atoms with E-state index >= 15 is 0 Å². The molecule has 0 N–H and O–H groups in total. The van der Waals surface area contributed by atoms with Crippen molar-refractivity contribution >= 4 is 23.4 Å². The van der Waals surface area contributed by atoms with E-state index in [1.165, 1.54) is 18.3 Å². The average Bonchev–Trinajstić information content (AvgIpc) is 3.14. The Morgan fingerprint density at radius 2 is 1.47 bits per heavy atom. The van der Waals surface area contributed by atoms with E-state index in [0.717, 1.165) is 0 Å². The summed E-state index contributed by atoms with van der Waals surface area (Å²) in [5.41, 5.74) is 1.94. The van der Waals surface area contributed by atoms with Crippen molar-refractivity contribution in [2.75, 3.05) is 26.2 Å². The molecule has 0 aliphatic carbocycles. The highest BCUT2D eigenvalue weighted by molar-refractivity contribution is 6.32. The summed E-state index contributed by atoms with van der Waals surface area (Å²) in [7, 11) is 0. The second kappa shape index (κ2) is 8.28. The Morgan fingerprint density at radius 3 is 2.10 bits per heavy atom. The van der Waals surface area contributed by atoms with E-state index < -0.39 is 5.82 Å². The number of piperazine rings is 1. The number of hydrogen-bond acceptors (Lipinski definition) is 3. The van der Waals surface area contributed by atoms with Crippen molar-refractivity contribution in [1.29, 1.82) is 0 Å². The molecule has 1 fully saturated rings. The Kier molecular flexibility index (Phi) is 5.55. The normalized spacial score (nSPS) is 14.1. The van der Waals surface area contributed by atoms with E-state index in [1.807, 2.05) is 25.1 Å². The standard InChI is InChI=1S/C22H20ClFN4O2/c1-15-17(14-25-28(15)20-9-5-3-7-18(20)23)22(30)27-12-10-26(11-13-27)21(29)16-6-2-4-8-19(16)24/h2-9,14H,10-13H2,1H3. The Morgan fingerprint density at radius 1 is 0.900 bits per heavy atom. The van der Waals surface area contributed by atoms with Gasteiger partial charge in [0.25, 0.3) is 11.8 Å². The Balaban J connectivity index is 1.46. The summed E-state index contributed by atoms with van der Waals surface area (Å²) in [4.78, 5) is 28.9. The number of carbonyl (C=O) groups excluding carboxylic acids is 2. The van der Waals surface area contributed by atoms with Crippen LogP contribution in [-0.4, -0.2) is 57.6 Å². The van der Waals surface area contributed by atoms with Gasteiger partial charge < -0.3 is 9.80 Å².